The van der Waals surface area contributed by atoms with Gasteiger partial charge in [0.15, 0.2) is 0 Å². The fourth-order valence-electron chi connectivity index (χ4n) is 2.13. The predicted octanol–water partition coefficient (Wildman–Crippen LogP) is 2.34. The van der Waals surface area contributed by atoms with Crippen LogP contribution in [0.5, 0.6) is 5.75 Å². The Labute approximate surface area is 125 Å². The number of carboxylic acids is 1. The number of carbonyl (C=O) groups excluding carboxylic acids is 1. The highest BCUT2D eigenvalue weighted by molar-refractivity contribution is 5.81. The lowest BCUT2D eigenvalue weighted by atomic mass is 10.1. The lowest BCUT2D eigenvalue weighted by Gasteiger charge is -2.20. The van der Waals surface area contributed by atoms with E-state index in [1.54, 1.807) is 0 Å². The SMILES string of the molecule is CCCN(CC(=O)O)C(=O)CCc1ccccc1OCC. The van der Waals surface area contributed by atoms with Crippen LogP contribution in [0, 0.1) is 0 Å². The Balaban J connectivity index is 2.64. The number of hydrogen-bond donors (Lipinski definition) is 1. The van der Waals surface area contributed by atoms with Gasteiger partial charge in [0.1, 0.15) is 12.3 Å². The molecule has 0 fully saturated rings. The van der Waals surface area contributed by atoms with Crippen LogP contribution in [-0.4, -0.2) is 41.6 Å². The summed E-state index contributed by atoms with van der Waals surface area (Å²) < 4.78 is 5.52. The second-order valence-electron chi connectivity index (χ2n) is 4.75. The van der Waals surface area contributed by atoms with Crippen LogP contribution in [0.3, 0.4) is 0 Å². The van der Waals surface area contributed by atoms with Gasteiger partial charge in [-0.15, -0.1) is 0 Å². The first-order chi connectivity index (χ1) is 10.1. The second-order valence-corrected chi connectivity index (χ2v) is 4.75. The van der Waals surface area contributed by atoms with Crippen LogP contribution in [0.2, 0.25) is 0 Å². The van der Waals surface area contributed by atoms with E-state index in [2.05, 4.69) is 0 Å². The summed E-state index contributed by atoms with van der Waals surface area (Å²) in [5, 5.41) is 8.84. The van der Waals surface area contributed by atoms with Crippen molar-refractivity contribution in [2.75, 3.05) is 19.7 Å². The zero-order valence-electron chi connectivity index (χ0n) is 12.7. The fourth-order valence-corrected chi connectivity index (χ4v) is 2.13. The highest BCUT2D eigenvalue weighted by Crippen LogP contribution is 2.19. The number of carboxylic acid groups (broad SMARTS) is 1. The average molecular weight is 293 g/mol. The number of aliphatic carboxylic acids is 1. The predicted molar refractivity (Wildman–Crippen MR) is 80.4 cm³/mol. The molecule has 0 heterocycles. The van der Waals surface area contributed by atoms with Crippen molar-refractivity contribution >= 4 is 11.9 Å². The van der Waals surface area contributed by atoms with E-state index in [0.29, 0.717) is 19.6 Å². The van der Waals surface area contributed by atoms with E-state index in [0.717, 1.165) is 17.7 Å². The van der Waals surface area contributed by atoms with Gasteiger partial charge in [-0.3, -0.25) is 9.59 Å². The number of amides is 1. The largest absolute Gasteiger partial charge is 0.494 e. The van der Waals surface area contributed by atoms with Gasteiger partial charge in [-0.2, -0.15) is 0 Å². The zero-order chi connectivity index (χ0) is 15.7. The van der Waals surface area contributed by atoms with E-state index < -0.39 is 5.97 Å². The van der Waals surface area contributed by atoms with Crippen molar-refractivity contribution in [3.63, 3.8) is 0 Å². The number of ether oxygens (including phenoxy) is 1. The normalized spacial score (nSPS) is 10.2. The molecule has 116 valence electrons. The van der Waals surface area contributed by atoms with Crippen LogP contribution in [0.15, 0.2) is 24.3 Å². The molecule has 5 heteroatoms. The summed E-state index contributed by atoms with van der Waals surface area (Å²) in [6.07, 6.45) is 1.58. The van der Waals surface area contributed by atoms with Gasteiger partial charge in [0, 0.05) is 13.0 Å². The Bertz CT molecular complexity index is 473. The maximum atomic E-state index is 12.1. The summed E-state index contributed by atoms with van der Waals surface area (Å²) in [6, 6.07) is 7.61. The van der Waals surface area contributed by atoms with Gasteiger partial charge < -0.3 is 14.7 Å². The Kier molecular flexibility index (Phi) is 7.29. The van der Waals surface area contributed by atoms with Crippen molar-refractivity contribution in [3.05, 3.63) is 29.8 Å². The minimum Gasteiger partial charge on any atom is -0.494 e. The van der Waals surface area contributed by atoms with E-state index in [4.69, 9.17) is 9.84 Å². The number of rotatable bonds is 9. The molecule has 0 aromatic heterocycles. The van der Waals surface area contributed by atoms with Crippen molar-refractivity contribution in [1.29, 1.82) is 0 Å². The first-order valence-corrected chi connectivity index (χ1v) is 7.28. The van der Waals surface area contributed by atoms with Gasteiger partial charge in [0.25, 0.3) is 0 Å². The van der Waals surface area contributed by atoms with Crippen molar-refractivity contribution in [1.82, 2.24) is 4.90 Å². The van der Waals surface area contributed by atoms with Gasteiger partial charge in [0.2, 0.25) is 5.91 Å². The maximum Gasteiger partial charge on any atom is 0.323 e. The summed E-state index contributed by atoms with van der Waals surface area (Å²) in [4.78, 5) is 24.3. The van der Waals surface area contributed by atoms with Gasteiger partial charge in [-0.25, -0.2) is 0 Å². The molecule has 0 aliphatic rings. The number of nitrogens with zero attached hydrogens (tertiary/aromatic N) is 1. The smallest absolute Gasteiger partial charge is 0.323 e. The molecule has 0 atom stereocenters. The summed E-state index contributed by atoms with van der Waals surface area (Å²) in [5.74, 6) is -0.329. The van der Waals surface area contributed by atoms with Gasteiger partial charge >= 0.3 is 5.97 Å². The number of para-hydroxylation sites is 1. The lowest BCUT2D eigenvalue weighted by molar-refractivity contribution is -0.144. The van der Waals surface area contributed by atoms with Gasteiger partial charge in [0.05, 0.1) is 6.61 Å². The van der Waals surface area contributed by atoms with E-state index in [1.807, 2.05) is 38.1 Å². The molecule has 1 rings (SSSR count). The number of aryl methyl sites for hydroxylation is 1. The van der Waals surface area contributed by atoms with Gasteiger partial charge in [-0.1, -0.05) is 25.1 Å². The molecule has 1 aromatic rings. The summed E-state index contributed by atoms with van der Waals surface area (Å²) in [5.41, 5.74) is 0.972. The van der Waals surface area contributed by atoms with Crippen LogP contribution in [0.4, 0.5) is 0 Å². The van der Waals surface area contributed by atoms with Crippen molar-refractivity contribution in [2.45, 2.75) is 33.1 Å². The highest BCUT2D eigenvalue weighted by Gasteiger charge is 2.16. The molecule has 0 radical (unpaired) electrons. The van der Waals surface area contributed by atoms with E-state index >= 15 is 0 Å². The molecule has 5 nitrogen and oxygen atoms in total. The Hall–Kier alpha value is -2.04. The molecule has 21 heavy (non-hydrogen) atoms. The van der Waals surface area contributed by atoms with Crippen molar-refractivity contribution in [2.24, 2.45) is 0 Å². The van der Waals surface area contributed by atoms with Crippen LogP contribution in [0.1, 0.15) is 32.3 Å². The summed E-state index contributed by atoms with van der Waals surface area (Å²) in [6.45, 7) is 4.65. The van der Waals surface area contributed by atoms with Crippen molar-refractivity contribution < 1.29 is 19.4 Å². The summed E-state index contributed by atoms with van der Waals surface area (Å²) >= 11 is 0. The monoisotopic (exact) mass is 293 g/mol. The first kappa shape index (κ1) is 17.0. The number of carbonyl (C=O) groups is 2. The first-order valence-electron chi connectivity index (χ1n) is 7.28. The molecule has 0 unspecified atom stereocenters. The van der Waals surface area contributed by atoms with Crippen LogP contribution < -0.4 is 4.74 Å². The Morgan fingerprint density at radius 2 is 1.95 bits per heavy atom. The molecule has 1 amide bonds. The third kappa shape index (κ3) is 5.85. The fraction of sp³-hybridized carbons (Fsp3) is 0.500. The molecule has 0 saturated heterocycles. The topological polar surface area (TPSA) is 66.8 Å². The number of hydrogen-bond acceptors (Lipinski definition) is 3. The average Bonchev–Trinajstić information content (AvgIpc) is 2.45. The standard InChI is InChI=1S/C16H23NO4/c1-3-11-17(12-16(19)20)15(18)10-9-13-7-5-6-8-14(13)21-4-2/h5-8H,3-4,9-12H2,1-2H3,(H,19,20). The van der Waals surface area contributed by atoms with Crippen LogP contribution >= 0.6 is 0 Å². The maximum absolute atomic E-state index is 12.1. The molecular formula is C16H23NO4. The van der Waals surface area contributed by atoms with E-state index in [-0.39, 0.29) is 18.9 Å². The highest BCUT2D eigenvalue weighted by atomic mass is 16.5. The lowest BCUT2D eigenvalue weighted by Crippen LogP contribution is -2.36. The minimum absolute atomic E-state index is 0.134. The minimum atomic E-state index is -0.980. The number of benzene rings is 1. The molecule has 1 aromatic carbocycles. The van der Waals surface area contributed by atoms with E-state index in [1.165, 1.54) is 4.90 Å². The molecule has 0 spiro atoms. The molecule has 0 saturated carbocycles. The Morgan fingerprint density at radius 3 is 2.57 bits per heavy atom. The molecule has 0 aliphatic heterocycles. The molecule has 0 bridgehead atoms. The van der Waals surface area contributed by atoms with Crippen LogP contribution in [0.25, 0.3) is 0 Å². The third-order valence-electron chi connectivity index (χ3n) is 3.05. The van der Waals surface area contributed by atoms with Crippen molar-refractivity contribution in [3.8, 4) is 5.75 Å². The molecule has 1 N–H and O–H groups in total. The Morgan fingerprint density at radius 1 is 1.24 bits per heavy atom. The second kappa shape index (κ2) is 9.00. The molecule has 0 aliphatic carbocycles. The third-order valence-corrected chi connectivity index (χ3v) is 3.05. The summed E-state index contributed by atoms with van der Waals surface area (Å²) in [7, 11) is 0. The van der Waals surface area contributed by atoms with Crippen LogP contribution in [-0.2, 0) is 16.0 Å². The molecular weight excluding hydrogens is 270 g/mol. The van der Waals surface area contributed by atoms with E-state index in [9.17, 15) is 9.59 Å². The van der Waals surface area contributed by atoms with Gasteiger partial charge in [-0.05, 0) is 31.4 Å². The zero-order valence-corrected chi connectivity index (χ0v) is 12.7. The quantitative estimate of drug-likeness (QED) is 0.759.